The van der Waals surface area contributed by atoms with E-state index in [1.54, 1.807) is 35.5 Å². The highest BCUT2D eigenvalue weighted by molar-refractivity contribution is 5.52. The third-order valence-corrected chi connectivity index (χ3v) is 2.44. The van der Waals surface area contributed by atoms with E-state index in [9.17, 15) is 4.39 Å². The van der Waals surface area contributed by atoms with Crippen LogP contribution < -0.4 is 0 Å². The lowest BCUT2D eigenvalue weighted by Crippen LogP contribution is -2.00. The summed E-state index contributed by atoms with van der Waals surface area (Å²) in [4.78, 5) is 4.31. The van der Waals surface area contributed by atoms with Crippen molar-refractivity contribution in [1.82, 2.24) is 20.0 Å². The molecule has 2 aromatic heterocycles. The fourth-order valence-electron chi connectivity index (χ4n) is 1.59. The Bertz CT molecular complexity index is 630. The van der Waals surface area contributed by atoms with Gasteiger partial charge in [0.1, 0.15) is 17.8 Å². The Labute approximate surface area is 102 Å². The lowest BCUT2D eigenvalue weighted by Gasteiger charge is -1.95. The smallest absolute Gasteiger partial charge is 0.226 e. The molecule has 3 aromatic rings. The number of nitrogens with zero attached hydrogens (tertiary/aromatic N) is 4. The van der Waals surface area contributed by atoms with Crippen LogP contribution in [0, 0.1) is 5.82 Å². The van der Waals surface area contributed by atoms with Crippen LogP contribution in [-0.2, 0) is 6.54 Å². The van der Waals surface area contributed by atoms with Crippen LogP contribution >= 0.6 is 0 Å². The Kier molecular flexibility index (Phi) is 2.60. The quantitative estimate of drug-likeness (QED) is 0.708. The second kappa shape index (κ2) is 4.40. The average molecular weight is 244 g/mol. The van der Waals surface area contributed by atoms with Gasteiger partial charge >= 0.3 is 0 Å². The van der Waals surface area contributed by atoms with E-state index in [2.05, 4.69) is 15.3 Å². The first-order valence-corrected chi connectivity index (χ1v) is 5.36. The molecule has 0 aliphatic rings. The highest BCUT2D eigenvalue weighted by Gasteiger charge is 2.07. The Morgan fingerprint density at radius 2 is 2.06 bits per heavy atom. The van der Waals surface area contributed by atoms with E-state index in [0.717, 1.165) is 11.3 Å². The Hall–Kier alpha value is -2.50. The first-order valence-electron chi connectivity index (χ1n) is 5.36. The third kappa shape index (κ3) is 2.13. The van der Waals surface area contributed by atoms with Gasteiger partial charge in [0.15, 0.2) is 0 Å². The molecule has 0 N–H and O–H groups in total. The summed E-state index contributed by atoms with van der Waals surface area (Å²) in [5.41, 5.74) is 1.47. The van der Waals surface area contributed by atoms with Crippen molar-refractivity contribution in [2.75, 3.05) is 0 Å². The van der Waals surface area contributed by atoms with Crippen LogP contribution in [0.1, 0.15) is 5.69 Å². The number of rotatable bonds is 3. The molecule has 5 nitrogen and oxygen atoms in total. The number of halogens is 1. The molecule has 0 spiro atoms. The molecule has 2 heterocycles. The molecule has 0 saturated carbocycles. The number of benzene rings is 1. The van der Waals surface area contributed by atoms with Gasteiger partial charge in [0, 0.05) is 11.8 Å². The van der Waals surface area contributed by atoms with Crippen LogP contribution in [0.3, 0.4) is 0 Å². The lowest BCUT2D eigenvalue weighted by atomic mass is 10.2. The average Bonchev–Trinajstić information content (AvgIpc) is 3.02. The summed E-state index contributed by atoms with van der Waals surface area (Å²) in [7, 11) is 0. The van der Waals surface area contributed by atoms with Crippen molar-refractivity contribution >= 4 is 0 Å². The van der Waals surface area contributed by atoms with Gasteiger partial charge in [-0.3, -0.25) is 0 Å². The summed E-state index contributed by atoms with van der Waals surface area (Å²) in [6.07, 6.45) is 4.90. The molecule has 3 rings (SSSR count). The summed E-state index contributed by atoms with van der Waals surface area (Å²) in [6.45, 7) is 0.491. The molecule has 90 valence electrons. The number of hydrogen-bond acceptors (Lipinski definition) is 4. The maximum atomic E-state index is 12.8. The van der Waals surface area contributed by atoms with Crippen LogP contribution in [0.15, 0.2) is 47.3 Å². The molecule has 0 radical (unpaired) electrons. The van der Waals surface area contributed by atoms with E-state index in [1.165, 1.54) is 12.1 Å². The maximum absolute atomic E-state index is 12.8. The Morgan fingerprint density at radius 3 is 2.78 bits per heavy atom. The largest absolute Gasteiger partial charge is 0.444 e. The molecule has 18 heavy (non-hydrogen) atoms. The van der Waals surface area contributed by atoms with Gasteiger partial charge in [-0.05, 0) is 24.3 Å². The minimum Gasteiger partial charge on any atom is -0.444 e. The van der Waals surface area contributed by atoms with Gasteiger partial charge < -0.3 is 4.42 Å². The van der Waals surface area contributed by atoms with Gasteiger partial charge in [0.05, 0.1) is 12.7 Å². The molecule has 1 aromatic carbocycles. The van der Waals surface area contributed by atoms with Crippen LogP contribution in [0.4, 0.5) is 4.39 Å². The highest BCUT2D eigenvalue weighted by atomic mass is 19.1. The molecular weight excluding hydrogens is 235 g/mol. The minimum atomic E-state index is -0.284. The van der Waals surface area contributed by atoms with Crippen molar-refractivity contribution in [2.24, 2.45) is 0 Å². The number of aromatic nitrogens is 4. The fourth-order valence-corrected chi connectivity index (χ4v) is 1.59. The van der Waals surface area contributed by atoms with Gasteiger partial charge in [0.2, 0.25) is 5.89 Å². The molecule has 0 amide bonds. The second-order valence-corrected chi connectivity index (χ2v) is 3.75. The second-order valence-electron chi connectivity index (χ2n) is 3.75. The Morgan fingerprint density at radius 1 is 1.22 bits per heavy atom. The van der Waals surface area contributed by atoms with E-state index in [4.69, 9.17) is 4.42 Å². The molecule has 0 atom stereocenters. The molecular formula is C12H9FN4O. The molecule has 6 heteroatoms. The van der Waals surface area contributed by atoms with Crippen molar-refractivity contribution in [3.8, 4) is 11.5 Å². The van der Waals surface area contributed by atoms with Gasteiger partial charge in [-0.15, -0.1) is 5.10 Å². The summed E-state index contributed by atoms with van der Waals surface area (Å²) in [5.74, 6) is 0.179. The monoisotopic (exact) mass is 244 g/mol. The first kappa shape index (κ1) is 10.6. The van der Waals surface area contributed by atoms with Crippen LogP contribution in [0.25, 0.3) is 11.5 Å². The molecule has 0 aliphatic carbocycles. The van der Waals surface area contributed by atoms with Crippen molar-refractivity contribution in [1.29, 1.82) is 0 Å². The third-order valence-electron chi connectivity index (χ3n) is 2.44. The molecule has 0 unspecified atom stereocenters. The molecule has 0 aliphatic heterocycles. The van der Waals surface area contributed by atoms with Crippen molar-refractivity contribution < 1.29 is 8.81 Å². The molecule has 0 fully saturated rings. The van der Waals surface area contributed by atoms with Crippen LogP contribution in [0.2, 0.25) is 0 Å². The van der Waals surface area contributed by atoms with Crippen LogP contribution in [-0.4, -0.2) is 20.0 Å². The van der Waals surface area contributed by atoms with E-state index >= 15 is 0 Å². The van der Waals surface area contributed by atoms with Gasteiger partial charge in [-0.1, -0.05) is 5.21 Å². The van der Waals surface area contributed by atoms with Gasteiger partial charge in [-0.2, -0.15) is 0 Å². The summed E-state index contributed by atoms with van der Waals surface area (Å²) in [6, 6.07) is 5.99. The van der Waals surface area contributed by atoms with E-state index in [0.29, 0.717) is 12.4 Å². The summed E-state index contributed by atoms with van der Waals surface area (Å²) < 4.78 is 19.8. The van der Waals surface area contributed by atoms with Gasteiger partial charge in [0.25, 0.3) is 0 Å². The predicted octanol–water partition coefficient (Wildman–Crippen LogP) is 2.12. The first-order chi connectivity index (χ1) is 8.81. The van der Waals surface area contributed by atoms with Crippen molar-refractivity contribution in [2.45, 2.75) is 6.54 Å². The Balaban J connectivity index is 1.83. The topological polar surface area (TPSA) is 56.7 Å². The normalized spacial score (nSPS) is 10.7. The summed E-state index contributed by atoms with van der Waals surface area (Å²) in [5, 5.41) is 7.55. The molecule has 0 bridgehead atoms. The van der Waals surface area contributed by atoms with Crippen LogP contribution in [0.5, 0.6) is 0 Å². The number of oxazole rings is 1. The fraction of sp³-hybridized carbons (Fsp3) is 0.0833. The maximum Gasteiger partial charge on any atom is 0.226 e. The summed E-state index contributed by atoms with van der Waals surface area (Å²) >= 11 is 0. The number of hydrogen-bond donors (Lipinski definition) is 0. The zero-order valence-electron chi connectivity index (χ0n) is 9.32. The lowest BCUT2D eigenvalue weighted by molar-refractivity contribution is 0.567. The van der Waals surface area contributed by atoms with E-state index < -0.39 is 0 Å². The minimum absolute atomic E-state index is 0.284. The predicted molar refractivity (Wildman–Crippen MR) is 61.0 cm³/mol. The SMILES string of the molecule is Fc1ccc(-c2nc(Cn3ccnn3)co2)cc1. The standard InChI is InChI=1S/C12H9FN4O/c13-10-3-1-9(2-4-10)12-15-11(8-18-12)7-17-6-5-14-16-17/h1-6,8H,7H2. The molecule has 0 saturated heterocycles. The zero-order chi connectivity index (χ0) is 12.4. The van der Waals surface area contributed by atoms with E-state index in [1.807, 2.05) is 0 Å². The highest BCUT2D eigenvalue weighted by Crippen LogP contribution is 2.19. The zero-order valence-corrected chi connectivity index (χ0v) is 9.32. The van der Waals surface area contributed by atoms with Crippen molar-refractivity contribution in [3.63, 3.8) is 0 Å². The van der Waals surface area contributed by atoms with Gasteiger partial charge in [-0.25, -0.2) is 14.1 Å². The van der Waals surface area contributed by atoms with E-state index in [-0.39, 0.29) is 5.82 Å². The van der Waals surface area contributed by atoms with Crippen molar-refractivity contribution in [3.05, 3.63) is 54.4 Å².